The molecule has 6 heteroatoms. The van der Waals surface area contributed by atoms with E-state index in [-0.39, 0.29) is 17.9 Å². The number of aromatic amines is 1. The van der Waals surface area contributed by atoms with Crippen molar-refractivity contribution < 1.29 is 0 Å². The van der Waals surface area contributed by atoms with Gasteiger partial charge in [-0.25, -0.2) is 0 Å². The number of fused-ring (bicyclic) bond motifs is 3. The van der Waals surface area contributed by atoms with E-state index >= 15 is 0 Å². The van der Waals surface area contributed by atoms with Crippen LogP contribution in [-0.4, -0.2) is 46.5 Å². The maximum atomic E-state index is 5.70. The lowest BCUT2D eigenvalue weighted by Gasteiger charge is -2.40. The fraction of sp³-hybridized carbons (Fsp3) is 0.438. The van der Waals surface area contributed by atoms with E-state index in [9.17, 15) is 0 Å². The van der Waals surface area contributed by atoms with Crippen molar-refractivity contribution in [1.29, 1.82) is 0 Å². The van der Waals surface area contributed by atoms with Crippen molar-refractivity contribution in [2.24, 2.45) is 0 Å². The second kappa shape index (κ2) is 6.89. The quantitative estimate of drug-likeness (QED) is 0.828. The van der Waals surface area contributed by atoms with Crippen LogP contribution in [0.1, 0.15) is 11.3 Å². The number of halogens is 1. The summed E-state index contributed by atoms with van der Waals surface area (Å²) >= 11 is 7.38. The van der Waals surface area contributed by atoms with E-state index < -0.39 is 0 Å². The van der Waals surface area contributed by atoms with Gasteiger partial charge in [0.05, 0.1) is 9.74 Å². The average molecular weight is 356 g/mol. The Morgan fingerprint density at radius 1 is 1.36 bits per heavy atom. The molecule has 1 aromatic carbocycles. The van der Waals surface area contributed by atoms with Crippen molar-refractivity contribution in [2.45, 2.75) is 18.5 Å². The first-order chi connectivity index (χ1) is 10.1. The number of aromatic nitrogens is 1. The topological polar surface area (TPSA) is 31.1 Å². The largest absolute Gasteiger partial charge is 0.357 e. The third-order valence-electron chi connectivity index (χ3n) is 4.15. The Morgan fingerprint density at radius 2 is 2.09 bits per heavy atom. The molecule has 3 rings (SSSR count). The summed E-state index contributed by atoms with van der Waals surface area (Å²) in [6.07, 6.45) is 3.02. The molecule has 2 aromatic rings. The molecule has 0 aliphatic carbocycles. The van der Waals surface area contributed by atoms with E-state index in [4.69, 9.17) is 12.2 Å². The van der Waals surface area contributed by atoms with Crippen molar-refractivity contribution in [2.75, 3.05) is 26.9 Å². The van der Waals surface area contributed by atoms with Gasteiger partial charge in [-0.2, -0.15) is 0 Å². The number of nitrogens with zero attached hydrogens (tertiary/aromatic N) is 1. The van der Waals surface area contributed by atoms with Crippen LogP contribution in [0.5, 0.6) is 0 Å². The number of benzene rings is 1. The van der Waals surface area contributed by atoms with E-state index in [0.717, 1.165) is 23.7 Å². The summed E-state index contributed by atoms with van der Waals surface area (Å²) in [4.78, 5) is 5.76. The molecule has 0 spiro atoms. The molecule has 3 nitrogen and oxygen atoms in total. The number of H-pyrrole nitrogens is 1. The van der Waals surface area contributed by atoms with Crippen LogP contribution in [0.25, 0.3) is 10.9 Å². The third kappa shape index (κ3) is 3.05. The van der Waals surface area contributed by atoms with Crippen LogP contribution in [-0.2, 0) is 13.0 Å². The molecule has 1 atom stereocenters. The molecule has 1 unspecified atom stereocenters. The zero-order valence-electron chi connectivity index (χ0n) is 13.1. The summed E-state index contributed by atoms with van der Waals surface area (Å²) in [5.41, 5.74) is 3.81. The summed E-state index contributed by atoms with van der Waals surface area (Å²) in [6, 6.07) is 8.54. The van der Waals surface area contributed by atoms with Gasteiger partial charge in [0.2, 0.25) is 0 Å². The Balaban J connectivity index is 0.00000176. The van der Waals surface area contributed by atoms with Crippen LogP contribution in [0.2, 0.25) is 0 Å². The molecule has 0 amide bonds. The maximum absolute atomic E-state index is 5.70. The molecule has 120 valence electrons. The van der Waals surface area contributed by atoms with E-state index in [2.05, 4.69) is 59.8 Å². The Morgan fingerprint density at radius 3 is 2.77 bits per heavy atom. The van der Waals surface area contributed by atoms with Crippen molar-refractivity contribution in [3.8, 4) is 0 Å². The highest BCUT2D eigenvalue weighted by Gasteiger charge is 2.39. The Hall–Kier alpha value is -0.590. The Labute approximate surface area is 147 Å². The number of hydrogen-bond donors (Lipinski definition) is 2. The van der Waals surface area contributed by atoms with Gasteiger partial charge in [0, 0.05) is 29.7 Å². The molecule has 0 fully saturated rings. The van der Waals surface area contributed by atoms with Gasteiger partial charge in [0.25, 0.3) is 0 Å². The van der Waals surface area contributed by atoms with Crippen molar-refractivity contribution in [3.05, 3.63) is 35.5 Å². The molecule has 0 bridgehead atoms. The first-order valence-electron chi connectivity index (χ1n) is 7.12. The van der Waals surface area contributed by atoms with Gasteiger partial charge in [-0.15, -0.1) is 24.2 Å². The van der Waals surface area contributed by atoms with Gasteiger partial charge in [0.15, 0.2) is 0 Å². The molecule has 0 radical (unpaired) electrons. The number of rotatable bonds is 3. The molecule has 1 aliphatic rings. The number of thiocarbonyl (C=S) groups is 1. The maximum Gasteiger partial charge on any atom is 0.0771 e. The monoisotopic (exact) mass is 355 g/mol. The second-order valence-corrected chi connectivity index (χ2v) is 7.45. The number of thioether (sulfide) groups is 1. The first kappa shape index (κ1) is 17.8. The molecule has 2 N–H and O–H groups in total. The van der Waals surface area contributed by atoms with Gasteiger partial charge in [-0.1, -0.05) is 30.4 Å². The lowest BCUT2D eigenvalue weighted by Crippen LogP contribution is -2.59. The zero-order valence-corrected chi connectivity index (χ0v) is 15.6. The molecule has 2 heterocycles. The first-order valence-corrected chi connectivity index (χ1v) is 8.76. The fourth-order valence-corrected chi connectivity index (χ4v) is 4.09. The van der Waals surface area contributed by atoms with E-state index in [0.29, 0.717) is 0 Å². The fourth-order valence-electron chi connectivity index (χ4n) is 3.29. The molecule has 1 aliphatic heterocycles. The second-order valence-electron chi connectivity index (χ2n) is 5.97. The van der Waals surface area contributed by atoms with Crippen LogP contribution in [0.4, 0.5) is 0 Å². The number of nitrogens with one attached hydrogen (secondary N) is 2. The summed E-state index contributed by atoms with van der Waals surface area (Å²) in [6.45, 7) is 1.77. The minimum Gasteiger partial charge on any atom is -0.357 e. The highest BCUT2D eigenvalue weighted by atomic mass is 35.5. The predicted octanol–water partition coefficient (Wildman–Crippen LogP) is 3.23. The normalized spacial score (nSPS) is 20.7. The number of para-hydroxylation sites is 1. The number of likely N-dealkylation sites (N-methyl/N-ethyl adjacent to an activating group) is 1. The third-order valence-corrected chi connectivity index (χ3v) is 5.80. The molecule has 0 saturated heterocycles. The molecule has 0 saturated carbocycles. The number of hydrogen-bond acceptors (Lipinski definition) is 4. The van der Waals surface area contributed by atoms with Gasteiger partial charge in [0.1, 0.15) is 0 Å². The minimum absolute atomic E-state index is 0. The van der Waals surface area contributed by atoms with E-state index in [1.165, 1.54) is 22.2 Å². The van der Waals surface area contributed by atoms with Crippen LogP contribution >= 0.6 is 36.4 Å². The SMILES string of the molecule is CSC(=S)C1(CN(C)C)Cc2c([nH]c3ccccc23)CN1.Cl. The van der Waals surface area contributed by atoms with Gasteiger partial charge < -0.3 is 9.88 Å². The van der Waals surface area contributed by atoms with Crippen molar-refractivity contribution in [3.63, 3.8) is 0 Å². The van der Waals surface area contributed by atoms with Gasteiger partial charge in [-0.05, 0) is 38.4 Å². The Kier molecular flexibility index (Phi) is 5.56. The van der Waals surface area contributed by atoms with E-state index in [1.807, 2.05) is 0 Å². The predicted molar refractivity (Wildman–Crippen MR) is 103 cm³/mol. The van der Waals surface area contributed by atoms with Crippen molar-refractivity contribution in [1.82, 2.24) is 15.2 Å². The lowest BCUT2D eigenvalue weighted by atomic mass is 9.87. The Bertz CT molecular complexity index is 683. The smallest absolute Gasteiger partial charge is 0.0771 e. The van der Waals surface area contributed by atoms with Crippen LogP contribution in [0.15, 0.2) is 24.3 Å². The molecule has 1 aromatic heterocycles. The van der Waals surface area contributed by atoms with Gasteiger partial charge >= 0.3 is 0 Å². The van der Waals surface area contributed by atoms with Crippen LogP contribution < -0.4 is 5.32 Å². The van der Waals surface area contributed by atoms with Crippen LogP contribution in [0, 0.1) is 0 Å². The lowest BCUT2D eigenvalue weighted by molar-refractivity contribution is 0.286. The molecule has 22 heavy (non-hydrogen) atoms. The minimum atomic E-state index is -0.129. The van der Waals surface area contributed by atoms with E-state index in [1.54, 1.807) is 11.8 Å². The summed E-state index contributed by atoms with van der Waals surface area (Å²) in [5, 5.41) is 5.03. The molecular weight excluding hydrogens is 334 g/mol. The summed E-state index contributed by atoms with van der Waals surface area (Å²) in [7, 11) is 4.22. The summed E-state index contributed by atoms with van der Waals surface area (Å²) < 4.78 is 1.05. The van der Waals surface area contributed by atoms with Gasteiger partial charge in [-0.3, -0.25) is 5.32 Å². The van der Waals surface area contributed by atoms with Crippen LogP contribution in [0.3, 0.4) is 0 Å². The zero-order chi connectivity index (χ0) is 15.0. The average Bonchev–Trinajstić information content (AvgIpc) is 2.83. The highest BCUT2D eigenvalue weighted by molar-refractivity contribution is 8.22. The van der Waals surface area contributed by atoms with Crippen molar-refractivity contribution >= 4 is 51.5 Å². The highest BCUT2D eigenvalue weighted by Crippen LogP contribution is 2.33. The summed E-state index contributed by atoms with van der Waals surface area (Å²) in [5.74, 6) is 0. The standard InChI is InChI=1S/C16H21N3S2.ClH/c1-19(2)10-16(15(20)21-3)8-12-11-6-4-5-7-13(11)18-14(12)9-17-16;/h4-7,17-18H,8-10H2,1-3H3;1H. The molecular formula is C16H22ClN3S2.